The molecule has 0 bridgehead atoms. The third-order valence-corrected chi connectivity index (χ3v) is 4.08. The molecule has 0 spiro atoms. The average Bonchev–Trinajstić information content (AvgIpc) is 2.69. The predicted octanol–water partition coefficient (Wildman–Crippen LogP) is 4.72. The van der Waals surface area contributed by atoms with Crippen LogP contribution in [0.5, 0.6) is 0 Å². The van der Waals surface area contributed by atoms with Crippen LogP contribution in [0.4, 0.5) is 11.4 Å². The molecule has 3 aromatic rings. The molecule has 0 unspecified atom stereocenters. The van der Waals surface area contributed by atoms with Crippen LogP contribution in [0, 0.1) is 11.3 Å². The van der Waals surface area contributed by atoms with E-state index in [4.69, 9.17) is 16.9 Å². The van der Waals surface area contributed by atoms with E-state index in [9.17, 15) is 9.59 Å². The lowest BCUT2D eigenvalue weighted by atomic mass is 10.1. The topological polar surface area (TPSA) is 82.0 Å². The van der Waals surface area contributed by atoms with Gasteiger partial charge in [0.25, 0.3) is 11.8 Å². The van der Waals surface area contributed by atoms with E-state index in [2.05, 4.69) is 10.6 Å². The largest absolute Gasteiger partial charge is 0.322 e. The lowest BCUT2D eigenvalue weighted by molar-refractivity contribution is 0.101. The lowest BCUT2D eigenvalue weighted by Crippen LogP contribution is -2.14. The minimum absolute atomic E-state index is 0.257. The van der Waals surface area contributed by atoms with Crippen molar-refractivity contribution in [1.29, 1.82) is 5.26 Å². The van der Waals surface area contributed by atoms with Crippen molar-refractivity contribution in [3.8, 4) is 6.07 Å². The standard InChI is InChI=1S/C21H14ClN3O2/c22-19-12-18(10-9-16(19)13-23)25-21(27)15-7-4-8-17(11-15)24-20(26)14-5-2-1-3-6-14/h1-12H,(H,24,26)(H,25,27). The number of nitriles is 1. The number of anilines is 2. The molecule has 0 saturated heterocycles. The van der Waals surface area contributed by atoms with Crippen LogP contribution in [0.2, 0.25) is 5.02 Å². The molecule has 27 heavy (non-hydrogen) atoms. The van der Waals surface area contributed by atoms with E-state index >= 15 is 0 Å². The maximum atomic E-state index is 12.5. The van der Waals surface area contributed by atoms with Crippen molar-refractivity contribution in [2.75, 3.05) is 10.6 Å². The Bertz CT molecular complexity index is 1040. The Balaban J connectivity index is 1.73. The van der Waals surface area contributed by atoms with Gasteiger partial charge in [-0.25, -0.2) is 0 Å². The first-order valence-electron chi connectivity index (χ1n) is 8.04. The maximum absolute atomic E-state index is 12.5. The van der Waals surface area contributed by atoms with Crippen LogP contribution in [0.25, 0.3) is 0 Å². The predicted molar refractivity (Wildman–Crippen MR) is 105 cm³/mol. The van der Waals surface area contributed by atoms with Gasteiger partial charge in [0.15, 0.2) is 0 Å². The monoisotopic (exact) mass is 375 g/mol. The fourth-order valence-corrected chi connectivity index (χ4v) is 2.64. The maximum Gasteiger partial charge on any atom is 0.255 e. The van der Waals surface area contributed by atoms with Crippen LogP contribution in [0.3, 0.4) is 0 Å². The van der Waals surface area contributed by atoms with E-state index in [1.807, 2.05) is 12.1 Å². The molecule has 2 amide bonds. The van der Waals surface area contributed by atoms with Crippen LogP contribution < -0.4 is 10.6 Å². The molecule has 6 heteroatoms. The van der Waals surface area contributed by atoms with Gasteiger partial charge in [-0.1, -0.05) is 35.9 Å². The van der Waals surface area contributed by atoms with Gasteiger partial charge in [-0.15, -0.1) is 0 Å². The average molecular weight is 376 g/mol. The molecule has 0 saturated carbocycles. The summed E-state index contributed by atoms with van der Waals surface area (Å²) in [7, 11) is 0. The zero-order chi connectivity index (χ0) is 19.2. The number of rotatable bonds is 4. The van der Waals surface area contributed by atoms with Gasteiger partial charge in [-0.05, 0) is 48.5 Å². The molecule has 0 aromatic heterocycles. The molecule has 5 nitrogen and oxygen atoms in total. The van der Waals surface area contributed by atoms with Crippen LogP contribution in [0.15, 0.2) is 72.8 Å². The molecule has 3 rings (SSSR count). The SMILES string of the molecule is N#Cc1ccc(NC(=O)c2cccc(NC(=O)c3ccccc3)c2)cc1Cl. The number of halogens is 1. The van der Waals surface area contributed by atoms with Crippen molar-refractivity contribution < 1.29 is 9.59 Å². The first kappa shape index (κ1) is 18.2. The smallest absolute Gasteiger partial charge is 0.255 e. The number of nitrogens with zero attached hydrogens (tertiary/aromatic N) is 1. The summed E-state index contributed by atoms with van der Waals surface area (Å²) >= 11 is 5.98. The second-order valence-electron chi connectivity index (χ2n) is 5.66. The summed E-state index contributed by atoms with van der Waals surface area (Å²) in [6.45, 7) is 0. The van der Waals surface area contributed by atoms with Gasteiger partial charge >= 0.3 is 0 Å². The van der Waals surface area contributed by atoms with Crippen molar-refractivity contribution in [3.63, 3.8) is 0 Å². The summed E-state index contributed by atoms with van der Waals surface area (Å²) in [4.78, 5) is 24.7. The summed E-state index contributed by atoms with van der Waals surface area (Å²) in [6, 6.07) is 22.0. The second kappa shape index (κ2) is 8.17. The van der Waals surface area contributed by atoms with Crippen molar-refractivity contribution in [2.24, 2.45) is 0 Å². The molecule has 0 heterocycles. The molecular weight excluding hydrogens is 362 g/mol. The highest BCUT2D eigenvalue weighted by molar-refractivity contribution is 6.32. The minimum Gasteiger partial charge on any atom is -0.322 e. The van der Waals surface area contributed by atoms with Crippen molar-refractivity contribution >= 4 is 34.8 Å². The zero-order valence-corrected chi connectivity index (χ0v) is 14.8. The number of hydrogen-bond donors (Lipinski definition) is 2. The lowest BCUT2D eigenvalue weighted by Gasteiger charge is -2.09. The molecule has 0 aliphatic heterocycles. The van der Waals surface area contributed by atoms with E-state index in [0.29, 0.717) is 28.1 Å². The first-order valence-corrected chi connectivity index (χ1v) is 8.42. The minimum atomic E-state index is -0.355. The molecule has 0 aliphatic rings. The number of amides is 2. The Kier molecular flexibility index (Phi) is 5.50. The normalized spacial score (nSPS) is 9.93. The van der Waals surface area contributed by atoms with E-state index in [1.54, 1.807) is 54.6 Å². The van der Waals surface area contributed by atoms with Crippen molar-refractivity contribution in [2.45, 2.75) is 0 Å². The molecular formula is C21H14ClN3O2. The number of carbonyl (C=O) groups excluding carboxylic acids is 2. The molecule has 3 aromatic carbocycles. The van der Waals surface area contributed by atoms with E-state index < -0.39 is 0 Å². The van der Waals surface area contributed by atoms with Gasteiger partial charge in [0.1, 0.15) is 6.07 Å². The number of benzene rings is 3. The van der Waals surface area contributed by atoms with Gasteiger partial charge < -0.3 is 10.6 Å². The molecule has 0 fully saturated rings. The third kappa shape index (κ3) is 4.51. The molecule has 0 radical (unpaired) electrons. The van der Waals surface area contributed by atoms with E-state index in [-0.39, 0.29) is 16.8 Å². The highest BCUT2D eigenvalue weighted by Crippen LogP contribution is 2.21. The van der Waals surface area contributed by atoms with Crippen molar-refractivity contribution in [1.82, 2.24) is 0 Å². The van der Waals surface area contributed by atoms with Gasteiger partial charge in [-0.2, -0.15) is 5.26 Å². The summed E-state index contributed by atoms with van der Waals surface area (Å²) in [5.74, 6) is -0.612. The van der Waals surface area contributed by atoms with Crippen molar-refractivity contribution in [3.05, 3.63) is 94.5 Å². The second-order valence-corrected chi connectivity index (χ2v) is 6.07. The van der Waals surface area contributed by atoms with Crippen LogP contribution in [-0.2, 0) is 0 Å². The van der Waals surface area contributed by atoms with Gasteiger partial charge in [-0.3, -0.25) is 9.59 Å². The van der Waals surface area contributed by atoms with E-state index in [0.717, 1.165) is 0 Å². The number of carbonyl (C=O) groups is 2. The first-order chi connectivity index (χ1) is 13.1. The zero-order valence-electron chi connectivity index (χ0n) is 14.1. The summed E-state index contributed by atoms with van der Waals surface area (Å²) in [5, 5.41) is 14.6. The summed E-state index contributed by atoms with van der Waals surface area (Å²) in [6.07, 6.45) is 0. The quantitative estimate of drug-likeness (QED) is 0.692. The molecule has 0 atom stereocenters. The van der Waals surface area contributed by atoms with Crippen LogP contribution >= 0.6 is 11.6 Å². The molecule has 132 valence electrons. The van der Waals surface area contributed by atoms with E-state index in [1.165, 1.54) is 12.1 Å². The fourth-order valence-electron chi connectivity index (χ4n) is 2.42. The summed E-state index contributed by atoms with van der Waals surface area (Å²) < 4.78 is 0. The Morgan fingerprint density at radius 2 is 1.41 bits per heavy atom. The van der Waals surface area contributed by atoms with Gasteiger partial charge in [0.2, 0.25) is 0 Å². The molecule has 0 aliphatic carbocycles. The number of hydrogen-bond acceptors (Lipinski definition) is 3. The Labute approximate surface area is 161 Å². The number of nitrogens with one attached hydrogen (secondary N) is 2. The highest BCUT2D eigenvalue weighted by Gasteiger charge is 2.10. The van der Waals surface area contributed by atoms with Gasteiger partial charge in [0.05, 0.1) is 10.6 Å². The summed E-state index contributed by atoms with van der Waals surface area (Å²) in [5.41, 5.74) is 2.22. The highest BCUT2D eigenvalue weighted by atomic mass is 35.5. The fraction of sp³-hybridized carbons (Fsp3) is 0. The Morgan fingerprint density at radius 1 is 0.778 bits per heavy atom. The Hall–Kier alpha value is -3.62. The van der Waals surface area contributed by atoms with Gasteiger partial charge in [0, 0.05) is 22.5 Å². The van der Waals surface area contributed by atoms with Crippen LogP contribution in [0.1, 0.15) is 26.3 Å². The Morgan fingerprint density at radius 3 is 2.07 bits per heavy atom. The van der Waals surface area contributed by atoms with Crippen LogP contribution in [-0.4, -0.2) is 11.8 Å². The third-order valence-electron chi connectivity index (χ3n) is 3.77. The molecule has 2 N–H and O–H groups in total.